The van der Waals surface area contributed by atoms with E-state index in [-0.39, 0.29) is 11.7 Å². The number of piperazine rings is 1. The Bertz CT molecular complexity index is 1010. The fourth-order valence-electron chi connectivity index (χ4n) is 3.48. The van der Waals surface area contributed by atoms with Gasteiger partial charge in [-0.2, -0.15) is 0 Å². The first-order valence-electron chi connectivity index (χ1n) is 9.99. The second-order valence-corrected chi connectivity index (χ2v) is 8.14. The van der Waals surface area contributed by atoms with Crippen molar-refractivity contribution in [2.45, 2.75) is 13.3 Å². The number of carbonyl (C=O) groups excluding carboxylic acids is 2. The largest absolute Gasteiger partial charge is 0.368 e. The van der Waals surface area contributed by atoms with Crippen LogP contribution in [0.4, 0.5) is 16.5 Å². The summed E-state index contributed by atoms with van der Waals surface area (Å²) >= 11 is 1.51. The van der Waals surface area contributed by atoms with E-state index in [1.54, 1.807) is 6.92 Å². The number of rotatable bonds is 6. The molecule has 2 heterocycles. The molecule has 1 saturated heterocycles. The number of aromatic nitrogens is 1. The Hall–Kier alpha value is -3.19. The molecule has 0 atom stereocenters. The summed E-state index contributed by atoms with van der Waals surface area (Å²) < 4.78 is 0. The number of nitrogens with zero attached hydrogens (tertiary/aromatic N) is 3. The van der Waals surface area contributed by atoms with E-state index >= 15 is 0 Å². The molecule has 0 unspecified atom stereocenters. The van der Waals surface area contributed by atoms with E-state index in [2.05, 4.69) is 15.2 Å². The molecule has 1 aliphatic rings. The standard InChI is InChI=1S/C23H24N4O2S/c1-17(28)18-7-9-21(10-8-18)26-11-13-27(14-12-26)22(29)15-20-16-30-23(25-20)24-19-5-3-2-4-6-19/h2-10,16H,11-15H2,1H3,(H,24,25). The predicted octanol–water partition coefficient (Wildman–Crippen LogP) is 3.98. The molecule has 1 aliphatic heterocycles. The van der Waals surface area contributed by atoms with Crippen molar-refractivity contribution in [1.82, 2.24) is 9.88 Å². The molecule has 1 amide bonds. The average Bonchev–Trinajstić information content (AvgIpc) is 3.21. The highest BCUT2D eigenvalue weighted by atomic mass is 32.1. The first-order chi connectivity index (χ1) is 14.6. The Balaban J connectivity index is 1.29. The van der Waals surface area contributed by atoms with Crippen molar-refractivity contribution >= 4 is 39.5 Å². The molecule has 2 aromatic carbocycles. The maximum atomic E-state index is 12.7. The number of amides is 1. The number of Topliss-reactive ketones (excluding diaryl/α,β-unsaturated/α-hetero) is 1. The number of para-hydroxylation sites is 1. The van der Waals surface area contributed by atoms with Crippen molar-refractivity contribution in [3.05, 3.63) is 71.2 Å². The van der Waals surface area contributed by atoms with Crippen LogP contribution in [0.1, 0.15) is 23.0 Å². The van der Waals surface area contributed by atoms with Gasteiger partial charge in [0.05, 0.1) is 12.1 Å². The summed E-state index contributed by atoms with van der Waals surface area (Å²) in [7, 11) is 0. The highest BCUT2D eigenvalue weighted by molar-refractivity contribution is 7.13. The summed E-state index contributed by atoms with van der Waals surface area (Å²) in [5.41, 5.74) is 3.59. The minimum Gasteiger partial charge on any atom is -0.368 e. The molecule has 1 N–H and O–H groups in total. The van der Waals surface area contributed by atoms with E-state index in [9.17, 15) is 9.59 Å². The Morgan fingerprint density at radius 2 is 1.70 bits per heavy atom. The van der Waals surface area contributed by atoms with Gasteiger partial charge in [-0.25, -0.2) is 4.98 Å². The highest BCUT2D eigenvalue weighted by Crippen LogP contribution is 2.22. The minimum atomic E-state index is 0.0705. The van der Waals surface area contributed by atoms with Gasteiger partial charge in [-0.3, -0.25) is 9.59 Å². The lowest BCUT2D eigenvalue weighted by atomic mass is 10.1. The topological polar surface area (TPSA) is 65.5 Å². The van der Waals surface area contributed by atoms with E-state index < -0.39 is 0 Å². The predicted molar refractivity (Wildman–Crippen MR) is 121 cm³/mol. The van der Waals surface area contributed by atoms with Crippen LogP contribution in [-0.4, -0.2) is 47.8 Å². The molecule has 0 radical (unpaired) electrons. The molecule has 0 saturated carbocycles. The number of benzene rings is 2. The molecule has 0 spiro atoms. The van der Waals surface area contributed by atoms with Gasteiger partial charge < -0.3 is 15.1 Å². The fourth-order valence-corrected chi connectivity index (χ4v) is 4.21. The van der Waals surface area contributed by atoms with Crippen LogP contribution in [0.5, 0.6) is 0 Å². The number of carbonyl (C=O) groups is 2. The van der Waals surface area contributed by atoms with Gasteiger partial charge in [0.25, 0.3) is 0 Å². The zero-order valence-electron chi connectivity index (χ0n) is 16.9. The van der Waals surface area contributed by atoms with Gasteiger partial charge >= 0.3 is 0 Å². The third-order valence-electron chi connectivity index (χ3n) is 5.18. The molecule has 6 nitrogen and oxygen atoms in total. The maximum absolute atomic E-state index is 12.7. The Morgan fingerprint density at radius 1 is 1.00 bits per heavy atom. The number of hydrogen-bond acceptors (Lipinski definition) is 6. The van der Waals surface area contributed by atoms with Gasteiger partial charge in [-0.1, -0.05) is 18.2 Å². The maximum Gasteiger partial charge on any atom is 0.228 e. The summed E-state index contributed by atoms with van der Waals surface area (Å²) in [6.45, 7) is 4.51. The molecule has 154 valence electrons. The molecule has 0 bridgehead atoms. The van der Waals surface area contributed by atoms with Gasteiger partial charge in [0.2, 0.25) is 5.91 Å². The van der Waals surface area contributed by atoms with Crippen LogP contribution in [0.2, 0.25) is 0 Å². The summed E-state index contributed by atoms with van der Waals surface area (Å²) in [5, 5.41) is 6.00. The Morgan fingerprint density at radius 3 is 2.37 bits per heavy atom. The van der Waals surface area contributed by atoms with Gasteiger partial charge in [0, 0.05) is 48.5 Å². The minimum absolute atomic E-state index is 0.0705. The lowest BCUT2D eigenvalue weighted by molar-refractivity contribution is -0.130. The van der Waals surface area contributed by atoms with Crippen molar-refractivity contribution in [3.63, 3.8) is 0 Å². The van der Waals surface area contributed by atoms with Crippen molar-refractivity contribution < 1.29 is 9.59 Å². The normalized spacial score (nSPS) is 13.9. The average molecular weight is 421 g/mol. The van der Waals surface area contributed by atoms with Crippen LogP contribution in [-0.2, 0) is 11.2 Å². The number of anilines is 3. The first-order valence-corrected chi connectivity index (χ1v) is 10.9. The molecular weight excluding hydrogens is 396 g/mol. The quantitative estimate of drug-likeness (QED) is 0.611. The van der Waals surface area contributed by atoms with Crippen LogP contribution in [0.25, 0.3) is 0 Å². The summed E-state index contributed by atoms with van der Waals surface area (Å²) in [6.07, 6.45) is 0.320. The Labute approximate surface area is 180 Å². The third-order valence-corrected chi connectivity index (χ3v) is 5.99. The van der Waals surface area contributed by atoms with E-state index in [0.29, 0.717) is 19.5 Å². The summed E-state index contributed by atoms with van der Waals surface area (Å²) in [6, 6.07) is 17.6. The smallest absolute Gasteiger partial charge is 0.228 e. The van der Waals surface area contributed by atoms with Crippen molar-refractivity contribution in [3.8, 4) is 0 Å². The number of hydrogen-bond donors (Lipinski definition) is 1. The van der Waals surface area contributed by atoms with Crippen LogP contribution in [0.3, 0.4) is 0 Å². The SMILES string of the molecule is CC(=O)c1ccc(N2CCN(C(=O)Cc3csc(Nc4ccccc4)n3)CC2)cc1. The second-order valence-electron chi connectivity index (χ2n) is 7.28. The van der Waals surface area contributed by atoms with E-state index in [0.717, 1.165) is 40.9 Å². The molecule has 1 fully saturated rings. The number of ketones is 1. The lowest BCUT2D eigenvalue weighted by Crippen LogP contribution is -2.49. The van der Waals surface area contributed by atoms with E-state index in [1.165, 1.54) is 11.3 Å². The zero-order chi connectivity index (χ0) is 20.9. The van der Waals surface area contributed by atoms with Gasteiger partial charge in [-0.05, 0) is 43.3 Å². The van der Waals surface area contributed by atoms with E-state index in [1.807, 2.05) is 64.9 Å². The van der Waals surface area contributed by atoms with Crippen LogP contribution >= 0.6 is 11.3 Å². The fraction of sp³-hybridized carbons (Fsp3) is 0.261. The molecule has 0 aliphatic carbocycles. The monoisotopic (exact) mass is 420 g/mol. The number of thiazole rings is 1. The lowest BCUT2D eigenvalue weighted by Gasteiger charge is -2.36. The summed E-state index contributed by atoms with van der Waals surface area (Å²) in [4.78, 5) is 32.8. The molecule has 4 rings (SSSR count). The molecule has 7 heteroatoms. The van der Waals surface area contributed by atoms with Gasteiger partial charge in [0.1, 0.15) is 0 Å². The van der Waals surface area contributed by atoms with Crippen molar-refractivity contribution in [2.24, 2.45) is 0 Å². The highest BCUT2D eigenvalue weighted by Gasteiger charge is 2.22. The second kappa shape index (κ2) is 9.09. The van der Waals surface area contributed by atoms with Crippen molar-refractivity contribution in [2.75, 3.05) is 36.4 Å². The van der Waals surface area contributed by atoms with Gasteiger partial charge in [0.15, 0.2) is 10.9 Å². The van der Waals surface area contributed by atoms with Crippen LogP contribution < -0.4 is 10.2 Å². The van der Waals surface area contributed by atoms with Crippen LogP contribution in [0, 0.1) is 0 Å². The molecule has 30 heavy (non-hydrogen) atoms. The zero-order valence-corrected chi connectivity index (χ0v) is 17.7. The Kier molecular flexibility index (Phi) is 6.09. The first kappa shape index (κ1) is 20.1. The summed E-state index contributed by atoms with van der Waals surface area (Å²) in [5.74, 6) is 0.180. The van der Waals surface area contributed by atoms with Gasteiger partial charge in [-0.15, -0.1) is 11.3 Å². The van der Waals surface area contributed by atoms with E-state index in [4.69, 9.17) is 0 Å². The molecular formula is C23H24N4O2S. The molecule has 3 aromatic rings. The van der Waals surface area contributed by atoms with Crippen molar-refractivity contribution in [1.29, 1.82) is 0 Å². The third kappa shape index (κ3) is 4.86. The number of nitrogens with one attached hydrogen (secondary N) is 1. The molecule has 1 aromatic heterocycles. The van der Waals surface area contributed by atoms with Crippen LogP contribution in [0.15, 0.2) is 60.0 Å².